The summed E-state index contributed by atoms with van der Waals surface area (Å²) in [6.45, 7) is 13.0. The van der Waals surface area contributed by atoms with E-state index in [9.17, 15) is 4.79 Å². The minimum Gasteiger partial charge on any atom is -0.462 e. The Morgan fingerprint density at radius 3 is 2.44 bits per heavy atom. The highest BCUT2D eigenvalue weighted by molar-refractivity contribution is 6.71. The molecule has 4 heteroatoms. The number of hydrogen-bond donors (Lipinski definition) is 0. The van der Waals surface area contributed by atoms with Crippen molar-refractivity contribution in [3.8, 4) is 0 Å². The number of hydrogen-bond acceptors (Lipinski definition) is 3. The molecule has 0 aromatic rings. The largest absolute Gasteiger partial charge is 0.462 e. The van der Waals surface area contributed by atoms with Crippen LogP contribution in [0.15, 0.2) is 12.2 Å². The van der Waals surface area contributed by atoms with Gasteiger partial charge in [0.15, 0.2) is 8.32 Å². The fraction of sp³-hybridized carbons (Fsp3) is 0.750. The van der Waals surface area contributed by atoms with E-state index in [2.05, 4.69) is 26.6 Å². The Balaban J connectivity index is 3.64. The van der Waals surface area contributed by atoms with Gasteiger partial charge in [-0.3, -0.25) is 0 Å². The third kappa shape index (κ3) is 7.65. The van der Waals surface area contributed by atoms with Gasteiger partial charge in [0.25, 0.3) is 0 Å². The third-order valence-electron chi connectivity index (χ3n) is 2.20. The Morgan fingerprint density at radius 1 is 1.31 bits per heavy atom. The Morgan fingerprint density at radius 2 is 1.94 bits per heavy atom. The van der Waals surface area contributed by atoms with Crippen molar-refractivity contribution < 1.29 is 14.0 Å². The van der Waals surface area contributed by atoms with Gasteiger partial charge in [-0.1, -0.05) is 13.5 Å². The number of ether oxygens (including phenoxy) is 1. The Bertz CT molecular complexity index is 236. The average Bonchev–Trinajstić information content (AvgIpc) is 2.21. The Labute approximate surface area is 100.0 Å². The first-order valence-corrected chi connectivity index (χ1v) is 8.97. The van der Waals surface area contributed by atoms with E-state index in [1.54, 1.807) is 6.92 Å². The van der Waals surface area contributed by atoms with Crippen molar-refractivity contribution in [3.05, 3.63) is 12.2 Å². The summed E-state index contributed by atoms with van der Waals surface area (Å²) >= 11 is 0. The number of rotatable bonds is 8. The second kappa shape index (κ2) is 7.63. The fourth-order valence-electron chi connectivity index (χ4n) is 1.24. The predicted molar refractivity (Wildman–Crippen MR) is 68.9 cm³/mol. The van der Waals surface area contributed by atoms with Crippen molar-refractivity contribution in [2.75, 3.05) is 13.2 Å². The van der Waals surface area contributed by atoms with E-state index in [0.717, 1.165) is 25.5 Å². The van der Waals surface area contributed by atoms with E-state index in [1.165, 1.54) is 0 Å². The third-order valence-corrected chi connectivity index (χ3v) is 4.74. The summed E-state index contributed by atoms with van der Waals surface area (Å²) in [5.41, 5.74) is 0.457. The predicted octanol–water partition coefficient (Wildman–Crippen LogP) is 3.13. The van der Waals surface area contributed by atoms with Crippen LogP contribution in [-0.2, 0) is 14.0 Å². The van der Waals surface area contributed by atoms with Crippen LogP contribution < -0.4 is 0 Å². The zero-order chi connectivity index (χ0) is 12.6. The van der Waals surface area contributed by atoms with Gasteiger partial charge < -0.3 is 9.16 Å². The van der Waals surface area contributed by atoms with Crippen molar-refractivity contribution in [2.45, 2.75) is 45.8 Å². The molecule has 0 aliphatic rings. The quantitative estimate of drug-likeness (QED) is 0.285. The van der Waals surface area contributed by atoms with Crippen LogP contribution in [0.5, 0.6) is 0 Å². The molecule has 0 unspecified atom stereocenters. The van der Waals surface area contributed by atoms with Crippen LogP contribution in [0.3, 0.4) is 0 Å². The van der Waals surface area contributed by atoms with Crippen molar-refractivity contribution in [1.29, 1.82) is 0 Å². The maximum atomic E-state index is 11.1. The van der Waals surface area contributed by atoms with E-state index in [0.29, 0.717) is 12.2 Å². The van der Waals surface area contributed by atoms with Gasteiger partial charge in [0.05, 0.1) is 6.61 Å². The maximum Gasteiger partial charge on any atom is 0.333 e. The van der Waals surface area contributed by atoms with Gasteiger partial charge in [0, 0.05) is 12.2 Å². The summed E-state index contributed by atoms with van der Waals surface area (Å²) < 4.78 is 10.8. The molecule has 0 amide bonds. The number of carbonyl (C=O) groups excluding carboxylic acids is 1. The van der Waals surface area contributed by atoms with Crippen LogP contribution in [0.1, 0.15) is 26.7 Å². The minimum atomic E-state index is -1.54. The molecule has 0 fully saturated rings. The highest BCUT2D eigenvalue weighted by atomic mass is 28.4. The summed E-state index contributed by atoms with van der Waals surface area (Å²) in [6.07, 6.45) is 1.93. The summed E-state index contributed by atoms with van der Waals surface area (Å²) in [6, 6.07) is 1.02. The molecule has 0 aromatic carbocycles. The Hall–Kier alpha value is -0.613. The molecule has 3 nitrogen and oxygen atoms in total. The molecule has 0 saturated carbocycles. The molecule has 0 radical (unpaired) electrons. The molecule has 0 spiro atoms. The lowest BCUT2D eigenvalue weighted by Crippen LogP contribution is -2.30. The fourth-order valence-corrected chi connectivity index (χ4v) is 3.13. The van der Waals surface area contributed by atoms with Gasteiger partial charge in [-0.15, -0.1) is 0 Å². The molecule has 0 N–H and O–H groups in total. The first kappa shape index (κ1) is 15.4. The summed E-state index contributed by atoms with van der Waals surface area (Å²) in [5.74, 6) is -0.297. The van der Waals surface area contributed by atoms with Crippen molar-refractivity contribution in [3.63, 3.8) is 0 Å². The van der Waals surface area contributed by atoms with Gasteiger partial charge in [0.2, 0.25) is 0 Å². The lowest BCUT2D eigenvalue weighted by Gasteiger charge is -2.22. The number of carbonyl (C=O) groups is 1. The van der Waals surface area contributed by atoms with Gasteiger partial charge in [-0.2, -0.15) is 0 Å². The topological polar surface area (TPSA) is 35.5 Å². The summed E-state index contributed by atoms with van der Waals surface area (Å²) in [5, 5.41) is 0. The second-order valence-electron chi connectivity index (χ2n) is 4.63. The van der Waals surface area contributed by atoms with E-state index in [1.807, 2.05) is 0 Å². The molecule has 0 atom stereocenters. The second-order valence-corrected chi connectivity index (χ2v) is 8.94. The molecule has 0 rings (SSSR count). The maximum absolute atomic E-state index is 11.1. The van der Waals surface area contributed by atoms with Crippen LogP contribution in [0.25, 0.3) is 0 Å². The molecule has 94 valence electrons. The molecule has 0 saturated heterocycles. The lowest BCUT2D eigenvalue weighted by molar-refractivity contribution is -0.138. The molecule has 0 aliphatic carbocycles. The first-order valence-electron chi connectivity index (χ1n) is 5.85. The van der Waals surface area contributed by atoms with E-state index < -0.39 is 8.32 Å². The van der Waals surface area contributed by atoms with Gasteiger partial charge in [0.1, 0.15) is 0 Å². The normalized spacial score (nSPS) is 11.2. The molecule has 0 aliphatic heterocycles. The monoisotopic (exact) mass is 244 g/mol. The van der Waals surface area contributed by atoms with Crippen molar-refractivity contribution in [2.24, 2.45) is 0 Å². The molecule has 0 aromatic heterocycles. The zero-order valence-electron chi connectivity index (χ0n) is 11.0. The van der Waals surface area contributed by atoms with E-state index in [-0.39, 0.29) is 5.97 Å². The zero-order valence-corrected chi connectivity index (χ0v) is 12.0. The Kier molecular flexibility index (Phi) is 7.33. The van der Waals surface area contributed by atoms with Crippen molar-refractivity contribution >= 4 is 14.3 Å². The molecular weight excluding hydrogens is 220 g/mol. The lowest BCUT2D eigenvalue weighted by atomic mass is 10.4. The summed E-state index contributed by atoms with van der Waals surface area (Å²) in [7, 11) is -1.54. The summed E-state index contributed by atoms with van der Waals surface area (Å²) in [4.78, 5) is 11.1. The van der Waals surface area contributed by atoms with Crippen LogP contribution >= 0.6 is 0 Å². The molecular formula is C12H24O3Si. The van der Waals surface area contributed by atoms with Gasteiger partial charge >= 0.3 is 5.97 Å². The molecule has 16 heavy (non-hydrogen) atoms. The number of esters is 1. The highest BCUT2D eigenvalue weighted by Crippen LogP contribution is 2.14. The average molecular weight is 244 g/mol. The molecule has 0 bridgehead atoms. The van der Waals surface area contributed by atoms with Gasteiger partial charge in [-0.05, 0) is 38.9 Å². The van der Waals surface area contributed by atoms with E-state index >= 15 is 0 Å². The van der Waals surface area contributed by atoms with Crippen LogP contribution in [0.2, 0.25) is 19.1 Å². The highest BCUT2D eigenvalue weighted by Gasteiger charge is 2.21. The van der Waals surface area contributed by atoms with Crippen LogP contribution in [-0.4, -0.2) is 27.5 Å². The first-order chi connectivity index (χ1) is 7.39. The SMILES string of the molecule is C=C(C)C(=O)OCCC[Si](C)(C)OCCC. The van der Waals surface area contributed by atoms with Crippen LogP contribution in [0.4, 0.5) is 0 Å². The molecule has 0 heterocycles. The van der Waals surface area contributed by atoms with Gasteiger partial charge in [-0.25, -0.2) is 4.79 Å². The van der Waals surface area contributed by atoms with Crippen LogP contribution in [0, 0.1) is 0 Å². The van der Waals surface area contributed by atoms with Crippen molar-refractivity contribution in [1.82, 2.24) is 0 Å². The standard InChI is InChI=1S/C12H24O3Si/c1-6-8-15-16(4,5)10-7-9-14-12(13)11(2)3/h2,6-10H2,1,3-5H3. The van der Waals surface area contributed by atoms with E-state index in [4.69, 9.17) is 9.16 Å². The minimum absolute atomic E-state index is 0.297. The smallest absolute Gasteiger partial charge is 0.333 e.